The van der Waals surface area contributed by atoms with Crippen molar-refractivity contribution >= 4 is 23.2 Å². The van der Waals surface area contributed by atoms with Crippen LogP contribution >= 0.6 is 0 Å². The first-order valence-electron chi connectivity index (χ1n) is 8.38. The molecule has 2 N–H and O–H groups in total. The van der Waals surface area contributed by atoms with Crippen molar-refractivity contribution in [1.29, 1.82) is 0 Å². The van der Waals surface area contributed by atoms with Crippen molar-refractivity contribution in [3.63, 3.8) is 0 Å². The average Bonchev–Trinajstić information content (AvgIpc) is 3.18. The molecule has 6 nitrogen and oxygen atoms in total. The highest BCUT2D eigenvalue weighted by Gasteiger charge is 2.10. The maximum absolute atomic E-state index is 12.5. The molecule has 1 heterocycles. The summed E-state index contributed by atoms with van der Waals surface area (Å²) >= 11 is 0. The fourth-order valence-corrected chi connectivity index (χ4v) is 2.59. The van der Waals surface area contributed by atoms with Crippen LogP contribution in [0.3, 0.4) is 0 Å². The van der Waals surface area contributed by atoms with Crippen LogP contribution in [-0.2, 0) is 16.0 Å². The Morgan fingerprint density at radius 1 is 1.19 bits per heavy atom. The van der Waals surface area contributed by atoms with Crippen LogP contribution in [0.2, 0.25) is 0 Å². The van der Waals surface area contributed by atoms with Gasteiger partial charge in [-0.05, 0) is 48.4 Å². The standard InChI is InChI=1S/C21H19N3O3/c1-3-19(25)23-17-6-4-5-15(11-17)12-20(26)24-18-13-16(8-7-14(18)2)21-22-9-10-27-21/h3-11,13H,1,12H2,2H3,(H,23,25)(H,24,26). The van der Waals surface area contributed by atoms with Crippen LogP contribution in [0.15, 0.2) is 72.0 Å². The predicted molar refractivity (Wildman–Crippen MR) is 104 cm³/mol. The Balaban J connectivity index is 1.71. The second-order valence-electron chi connectivity index (χ2n) is 5.99. The Bertz CT molecular complexity index is 978. The van der Waals surface area contributed by atoms with E-state index < -0.39 is 0 Å². The van der Waals surface area contributed by atoms with E-state index in [0.29, 0.717) is 17.3 Å². The third kappa shape index (κ3) is 4.70. The Morgan fingerprint density at radius 3 is 2.78 bits per heavy atom. The van der Waals surface area contributed by atoms with Crippen molar-refractivity contribution in [1.82, 2.24) is 4.98 Å². The molecule has 0 aliphatic heterocycles. The van der Waals surface area contributed by atoms with Crippen LogP contribution in [0.1, 0.15) is 11.1 Å². The summed E-state index contributed by atoms with van der Waals surface area (Å²) in [5, 5.41) is 5.60. The Morgan fingerprint density at radius 2 is 2.04 bits per heavy atom. The molecule has 0 unspecified atom stereocenters. The fraction of sp³-hybridized carbons (Fsp3) is 0.0952. The molecule has 2 amide bonds. The molecule has 0 spiro atoms. The van der Waals surface area contributed by atoms with E-state index in [-0.39, 0.29) is 18.2 Å². The number of oxazole rings is 1. The van der Waals surface area contributed by atoms with Crippen LogP contribution in [0.25, 0.3) is 11.5 Å². The molecule has 0 bridgehead atoms. The van der Waals surface area contributed by atoms with Crippen molar-refractivity contribution < 1.29 is 14.0 Å². The molecule has 3 rings (SSSR count). The molecule has 0 atom stereocenters. The molecule has 27 heavy (non-hydrogen) atoms. The predicted octanol–water partition coefficient (Wildman–Crippen LogP) is 3.96. The normalized spacial score (nSPS) is 10.3. The van der Waals surface area contributed by atoms with Gasteiger partial charge in [-0.1, -0.05) is 24.8 Å². The first kappa shape index (κ1) is 18.1. The van der Waals surface area contributed by atoms with Gasteiger partial charge in [0.15, 0.2) is 0 Å². The number of carbonyl (C=O) groups is 2. The summed E-state index contributed by atoms with van der Waals surface area (Å²) < 4.78 is 5.30. The second kappa shape index (κ2) is 8.14. The van der Waals surface area contributed by atoms with E-state index in [1.54, 1.807) is 24.4 Å². The van der Waals surface area contributed by atoms with E-state index >= 15 is 0 Å². The van der Waals surface area contributed by atoms with E-state index in [0.717, 1.165) is 16.7 Å². The number of nitrogens with one attached hydrogen (secondary N) is 2. The number of nitrogens with zero attached hydrogens (tertiary/aromatic N) is 1. The first-order valence-corrected chi connectivity index (χ1v) is 8.38. The van der Waals surface area contributed by atoms with Gasteiger partial charge < -0.3 is 15.1 Å². The molecule has 3 aromatic rings. The SMILES string of the molecule is C=CC(=O)Nc1cccc(CC(=O)Nc2cc(-c3ncco3)ccc2C)c1. The number of hydrogen-bond donors (Lipinski definition) is 2. The minimum atomic E-state index is -0.296. The van der Waals surface area contributed by atoms with Crippen molar-refractivity contribution in [3.8, 4) is 11.5 Å². The van der Waals surface area contributed by atoms with Crippen molar-refractivity contribution in [3.05, 3.63) is 78.7 Å². The number of benzene rings is 2. The number of rotatable bonds is 6. The molecule has 1 aromatic heterocycles. The highest BCUT2D eigenvalue weighted by Crippen LogP contribution is 2.24. The smallest absolute Gasteiger partial charge is 0.247 e. The van der Waals surface area contributed by atoms with Crippen LogP contribution < -0.4 is 10.6 Å². The number of carbonyl (C=O) groups excluding carboxylic acids is 2. The lowest BCUT2D eigenvalue weighted by molar-refractivity contribution is -0.115. The van der Waals surface area contributed by atoms with Crippen molar-refractivity contribution in [2.24, 2.45) is 0 Å². The molecule has 0 saturated carbocycles. The molecule has 6 heteroatoms. The van der Waals surface area contributed by atoms with Gasteiger partial charge in [-0.2, -0.15) is 0 Å². The number of aromatic nitrogens is 1. The van der Waals surface area contributed by atoms with Crippen LogP contribution in [0, 0.1) is 6.92 Å². The lowest BCUT2D eigenvalue weighted by atomic mass is 10.1. The summed E-state index contributed by atoms with van der Waals surface area (Å²) in [5.74, 6) is 0.0431. The van der Waals surface area contributed by atoms with Crippen molar-refractivity contribution in [2.45, 2.75) is 13.3 Å². The van der Waals surface area contributed by atoms with Gasteiger partial charge in [-0.15, -0.1) is 0 Å². The highest BCUT2D eigenvalue weighted by molar-refractivity contribution is 5.99. The number of aryl methyl sites for hydroxylation is 1. The van der Waals surface area contributed by atoms with E-state index in [1.807, 2.05) is 31.2 Å². The van der Waals surface area contributed by atoms with Gasteiger partial charge >= 0.3 is 0 Å². The van der Waals surface area contributed by atoms with Gasteiger partial charge in [0.2, 0.25) is 17.7 Å². The Labute approximate surface area is 156 Å². The summed E-state index contributed by atoms with van der Waals surface area (Å²) in [4.78, 5) is 28.0. The van der Waals surface area contributed by atoms with Crippen molar-refractivity contribution in [2.75, 3.05) is 10.6 Å². The Kier molecular flexibility index (Phi) is 5.47. The lowest BCUT2D eigenvalue weighted by Crippen LogP contribution is -2.15. The minimum absolute atomic E-state index is 0.158. The third-order valence-corrected chi connectivity index (χ3v) is 3.94. The van der Waals surface area contributed by atoms with E-state index in [9.17, 15) is 9.59 Å². The third-order valence-electron chi connectivity index (χ3n) is 3.94. The van der Waals surface area contributed by atoms with E-state index in [4.69, 9.17) is 4.42 Å². The maximum atomic E-state index is 12.5. The number of amides is 2. The molecule has 0 radical (unpaired) electrons. The molecule has 0 fully saturated rings. The lowest BCUT2D eigenvalue weighted by Gasteiger charge is -2.10. The van der Waals surface area contributed by atoms with Crippen LogP contribution in [0.4, 0.5) is 11.4 Å². The zero-order valence-corrected chi connectivity index (χ0v) is 14.9. The summed E-state index contributed by atoms with van der Waals surface area (Å²) in [7, 11) is 0. The molecule has 136 valence electrons. The largest absolute Gasteiger partial charge is 0.445 e. The maximum Gasteiger partial charge on any atom is 0.247 e. The second-order valence-corrected chi connectivity index (χ2v) is 5.99. The molecular formula is C21H19N3O3. The molecule has 0 saturated heterocycles. The van der Waals surface area contributed by atoms with E-state index in [2.05, 4.69) is 22.2 Å². The van der Waals surface area contributed by atoms with Gasteiger partial charge in [0, 0.05) is 16.9 Å². The van der Waals surface area contributed by atoms with Gasteiger partial charge in [0.25, 0.3) is 0 Å². The molecular weight excluding hydrogens is 342 g/mol. The summed E-state index contributed by atoms with van der Waals surface area (Å²) in [5.41, 5.74) is 3.83. The average molecular weight is 361 g/mol. The topological polar surface area (TPSA) is 84.2 Å². The summed E-state index contributed by atoms with van der Waals surface area (Å²) in [6.45, 7) is 5.34. The zero-order valence-electron chi connectivity index (χ0n) is 14.9. The number of hydrogen-bond acceptors (Lipinski definition) is 4. The van der Waals surface area contributed by atoms with Gasteiger partial charge in [0.05, 0.1) is 12.6 Å². The first-order chi connectivity index (χ1) is 13.0. The van der Waals surface area contributed by atoms with Gasteiger partial charge in [-0.25, -0.2) is 4.98 Å². The summed E-state index contributed by atoms with van der Waals surface area (Å²) in [6, 6.07) is 12.8. The van der Waals surface area contributed by atoms with E-state index in [1.165, 1.54) is 12.3 Å². The van der Waals surface area contributed by atoms with Gasteiger partial charge in [-0.3, -0.25) is 9.59 Å². The molecule has 0 aliphatic rings. The molecule has 0 aliphatic carbocycles. The number of anilines is 2. The Hall–Kier alpha value is -3.67. The highest BCUT2D eigenvalue weighted by atomic mass is 16.3. The molecule has 2 aromatic carbocycles. The fourth-order valence-electron chi connectivity index (χ4n) is 2.59. The van der Waals surface area contributed by atoms with Crippen LogP contribution in [-0.4, -0.2) is 16.8 Å². The summed E-state index contributed by atoms with van der Waals surface area (Å²) in [6.07, 6.45) is 4.46. The monoisotopic (exact) mass is 361 g/mol. The van der Waals surface area contributed by atoms with Gasteiger partial charge in [0.1, 0.15) is 6.26 Å². The van der Waals surface area contributed by atoms with Crippen LogP contribution in [0.5, 0.6) is 0 Å². The zero-order chi connectivity index (χ0) is 19.2. The minimum Gasteiger partial charge on any atom is -0.445 e. The quantitative estimate of drug-likeness (QED) is 0.651.